The summed E-state index contributed by atoms with van der Waals surface area (Å²) >= 11 is 7.16. The first kappa shape index (κ1) is 32.0. The Balaban J connectivity index is 1.07. The molecule has 3 heterocycles. The fourth-order valence-corrected chi connectivity index (χ4v) is 8.60. The number of amides is 3. The number of rotatable bonds is 7. The second-order valence-electron chi connectivity index (χ2n) is 12.7. The van der Waals surface area contributed by atoms with Gasteiger partial charge in [0.25, 0.3) is 0 Å². The number of hydrogen-bond acceptors (Lipinski definition) is 6. The fraction of sp³-hybridized carbons (Fsp3) is 0.400. The number of anilines is 2. The van der Waals surface area contributed by atoms with E-state index in [-0.39, 0.29) is 12.1 Å². The van der Waals surface area contributed by atoms with Gasteiger partial charge in [-0.25, -0.2) is 14.6 Å². The third-order valence-electron chi connectivity index (χ3n) is 9.71. The Morgan fingerprint density at radius 3 is 2.45 bits per heavy atom. The number of nitrogens with zero attached hydrogens (tertiary/aromatic N) is 4. The Morgan fingerprint density at radius 2 is 1.68 bits per heavy atom. The van der Waals surface area contributed by atoms with Crippen molar-refractivity contribution in [3.05, 3.63) is 86.6 Å². The van der Waals surface area contributed by atoms with Crippen LogP contribution in [0.25, 0.3) is 11.0 Å². The number of piperidine rings is 1. The number of nitrogens with one attached hydrogen (secondary N) is 2. The average molecular weight is 766 g/mol. The molecule has 12 heteroatoms. The van der Waals surface area contributed by atoms with Crippen molar-refractivity contribution in [3.8, 4) is 0 Å². The maximum atomic E-state index is 13.6. The predicted octanol–water partition coefficient (Wildman–Crippen LogP) is 7.74. The quantitative estimate of drug-likeness (QED) is 0.166. The highest BCUT2D eigenvalue weighted by Crippen LogP contribution is 2.37. The molecule has 47 heavy (non-hydrogen) atoms. The van der Waals surface area contributed by atoms with E-state index in [4.69, 9.17) is 15.6 Å². The van der Waals surface area contributed by atoms with Crippen LogP contribution in [0.2, 0.25) is 0 Å². The summed E-state index contributed by atoms with van der Waals surface area (Å²) in [5.74, 6) is 0.825. The lowest BCUT2D eigenvalue weighted by atomic mass is 10.0. The molecule has 4 aromatic rings. The topological polar surface area (TPSA) is 118 Å². The minimum absolute atomic E-state index is 0.0685. The Kier molecular flexibility index (Phi) is 9.42. The molecule has 3 amide bonds. The van der Waals surface area contributed by atoms with Gasteiger partial charge < -0.3 is 30.7 Å². The molecule has 1 aliphatic carbocycles. The number of fused-ring (bicyclic) bond motifs is 2. The molecule has 246 valence electrons. The van der Waals surface area contributed by atoms with Crippen molar-refractivity contribution in [2.24, 2.45) is 0 Å². The lowest BCUT2D eigenvalue weighted by molar-refractivity contribution is -0.120. The van der Waals surface area contributed by atoms with Gasteiger partial charge in [-0.1, -0.05) is 43.2 Å². The monoisotopic (exact) mass is 763 g/mol. The maximum Gasteiger partial charge on any atom is 0.426 e. The van der Waals surface area contributed by atoms with Gasteiger partial charge in [0.05, 0.1) is 22.8 Å². The second-order valence-corrected chi connectivity index (χ2v) is 14.4. The number of benzene rings is 3. The van der Waals surface area contributed by atoms with Crippen LogP contribution in [0.4, 0.5) is 21.0 Å². The summed E-state index contributed by atoms with van der Waals surface area (Å²) < 4.78 is 3.92. The third-order valence-corrected chi connectivity index (χ3v) is 11.0. The first-order valence-electron chi connectivity index (χ1n) is 16.4. The lowest BCUT2D eigenvalue weighted by Crippen LogP contribution is -2.49. The summed E-state index contributed by atoms with van der Waals surface area (Å²) in [7, 11) is 0. The molecule has 7 rings (SSSR count). The van der Waals surface area contributed by atoms with Crippen molar-refractivity contribution in [1.29, 1.82) is 0 Å². The Bertz CT molecular complexity index is 1760. The average Bonchev–Trinajstić information content (AvgIpc) is 3.69. The number of nitrogen functional groups attached to an aromatic ring is 1. The highest BCUT2D eigenvalue weighted by atomic mass is 79.9. The van der Waals surface area contributed by atoms with Gasteiger partial charge in [-0.3, -0.25) is 0 Å². The molecule has 10 nitrogen and oxygen atoms in total. The molecule has 1 saturated heterocycles. The summed E-state index contributed by atoms with van der Waals surface area (Å²) in [6.45, 7) is 1.74. The van der Waals surface area contributed by atoms with Crippen molar-refractivity contribution in [2.75, 3.05) is 30.7 Å². The van der Waals surface area contributed by atoms with Crippen LogP contribution >= 0.6 is 31.9 Å². The molecule has 0 spiro atoms. The van der Waals surface area contributed by atoms with E-state index >= 15 is 0 Å². The number of para-hydroxylation sites is 3. The summed E-state index contributed by atoms with van der Waals surface area (Å²) in [4.78, 5) is 39.6. The first-order valence-corrected chi connectivity index (χ1v) is 18.0. The molecular formula is C35H39Br2N7O3. The summed E-state index contributed by atoms with van der Waals surface area (Å²) in [5, 5.41) is 7.97. The van der Waals surface area contributed by atoms with Crippen LogP contribution in [0.5, 0.6) is 0 Å². The molecule has 3 aromatic carbocycles. The van der Waals surface area contributed by atoms with Gasteiger partial charge >= 0.3 is 12.1 Å². The van der Waals surface area contributed by atoms with Gasteiger partial charge in [-0.15, -0.1) is 5.06 Å². The number of aromatic nitrogens is 2. The molecular weight excluding hydrogens is 726 g/mol. The van der Waals surface area contributed by atoms with Gasteiger partial charge in [0.1, 0.15) is 5.82 Å². The minimum atomic E-state index is -0.519. The second kappa shape index (κ2) is 13.9. The normalized spacial score (nSPS) is 18.5. The highest BCUT2D eigenvalue weighted by Gasteiger charge is 2.33. The van der Waals surface area contributed by atoms with Crippen LogP contribution < -0.4 is 16.4 Å². The predicted molar refractivity (Wildman–Crippen MR) is 190 cm³/mol. The summed E-state index contributed by atoms with van der Waals surface area (Å²) in [6, 6.07) is 20.0. The van der Waals surface area contributed by atoms with E-state index < -0.39 is 12.1 Å². The number of nitrogens with two attached hydrogens (primary N) is 1. The molecule has 3 aliphatic rings. The molecule has 1 aromatic heterocycles. The Morgan fingerprint density at radius 1 is 0.979 bits per heavy atom. The maximum absolute atomic E-state index is 13.6. The van der Waals surface area contributed by atoms with Gasteiger partial charge in [0.2, 0.25) is 0 Å². The lowest BCUT2D eigenvalue weighted by Gasteiger charge is -2.37. The number of imidazole rings is 1. The van der Waals surface area contributed by atoms with E-state index in [9.17, 15) is 9.59 Å². The molecule has 4 N–H and O–H groups in total. The Labute approximate surface area is 291 Å². The van der Waals surface area contributed by atoms with Crippen LogP contribution in [0.15, 0.2) is 69.6 Å². The number of halogens is 2. The van der Waals surface area contributed by atoms with Crippen molar-refractivity contribution < 1.29 is 14.4 Å². The molecule has 1 atom stereocenters. The highest BCUT2D eigenvalue weighted by molar-refractivity contribution is 9.11. The van der Waals surface area contributed by atoms with Gasteiger partial charge in [-0.05, 0) is 105 Å². The minimum Gasteiger partial charge on any atom is -0.397 e. The van der Waals surface area contributed by atoms with Crippen LogP contribution in [-0.2, 0) is 17.7 Å². The molecule has 0 bridgehead atoms. The zero-order chi connectivity index (χ0) is 32.5. The van der Waals surface area contributed by atoms with Gasteiger partial charge in [0.15, 0.2) is 0 Å². The SMILES string of the molecule is Nc1c(Br)cc(C[C@@H](NC(=O)ON2CCC(N3CCc4ccccc4NC3=O)CC2)c2nc3ccccc3n2C2CCCC2)cc1Br. The zero-order valence-corrected chi connectivity index (χ0v) is 29.3. The van der Waals surface area contributed by atoms with Gasteiger partial charge in [0, 0.05) is 52.8 Å². The molecule has 2 fully saturated rings. The van der Waals surface area contributed by atoms with E-state index in [1.165, 1.54) is 12.8 Å². The third kappa shape index (κ3) is 6.86. The van der Waals surface area contributed by atoms with Gasteiger partial charge in [-0.2, -0.15) is 0 Å². The standard InChI is InChI=1S/C35H39Br2N7O3/c36-26-19-22(20-27(37)32(26)38)21-30(33-39-29-11-5-6-12-31(29)44(33)25-8-2-3-9-25)41-35(46)47-42-16-14-24(15-17-42)43-18-13-23-7-1-4-10-28(23)40-34(43)45/h1,4-7,10-12,19-20,24-25,30H,2-3,8-9,13-18,21,38H2,(H,40,45)(H,41,46)/t30-/m1/s1. The van der Waals surface area contributed by atoms with Crippen molar-refractivity contribution in [1.82, 2.24) is 24.8 Å². The Hall–Kier alpha value is -3.61. The van der Waals surface area contributed by atoms with Crippen molar-refractivity contribution in [2.45, 2.75) is 69.5 Å². The van der Waals surface area contributed by atoms with Crippen LogP contribution in [0, 0.1) is 0 Å². The van der Waals surface area contributed by atoms with E-state index in [2.05, 4.69) is 59.2 Å². The number of urea groups is 1. The van der Waals surface area contributed by atoms with E-state index in [1.54, 1.807) is 5.06 Å². The first-order chi connectivity index (χ1) is 22.8. The van der Waals surface area contributed by atoms with Crippen LogP contribution in [0.3, 0.4) is 0 Å². The van der Waals surface area contributed by atoms with E-state index in [0.717, 1.165) is 61.9 Å². The molecule has 0 unspecified atom stereocenters. The zero-order valence-electron chi connectivity index (χ0n) is 26.1. The number of carbonyl (C=O) groups is 2. The molecule has 1 saturated carbocycles. The fourth-order valence-electron chi connectivity index (χ4n) is 7.32. The number of hydroxylamine groups is 2. The van der Waals surface area contributed by atoms with Crippen molar-refractivity contribution in [3.63, 3.8) is 0 Å². The molecule has 0 radical (unpaired) electrons. The number of hydrogen-bond donors (Lipinski definition) is 3. The molecule has 2 aliphatic heterocycles. The van der Waals surface area contributed by atoms with Crippen molar-refractivity contribution >= 4 is 66.4 Å². The largest absolute Gasteiger partial charge is 0.426 e. The smallest absolute Gasteiger partial charge is 0.397 e. The van der Waals surface area contributed by atoms with E-state index in [0.29, 0.717) is 50.6 Å². The number of carbonyl (C=O) groups excluding carboxylic acids is 2. The van der Waals surface area contributed by atoms with Crippen LogP contribution in [-0.4, -0.2) is 57.3 Å². The summed E-state index contributed by atoms with van der Waals surface area (Å²) in [5.41, 5.74) is 11.8. The van der Waals surface area contributed by atoms with Crippen LogP contribution in [0.1, 0.15) is 67.6 Å². The van der Waals surface area contributed by atoms with E-state index in [1.807, 2.05) is 53.4 Å². The summed E-state index contributed by atoms with van der Waals surface area (Å²) in [6.07, 6.45) is 6.73.